The number of benzene rings is 1. The Morgan fingerprint density at radius 2 is 1.91 bits per heavy atom. The summed E-state index contributed by atoms with van der Waals surface area (Å²) < 4.78 is 42.4. The van der Waals surface area contributed by atoms with Crippen molar-refractivity contribution in [3.8, 4) is 11.4 Å². The Bertz CT molecular complexity index is 1140. The van der Waals surface area contributed by atoms with Gasteiger partial charge in [0.15, 0.2) is 0 Å². The molecule has 1 saturated carbocycles. The molecule has 2 N–H and O–H groups in total. The highest BCUT2D eigenvalue weighted by atomic mass is 32.2. The van der Waals surface area contributed by atoms with Crippen LogP contribution in [0.3, 0.4) is 0 Å². The molecule has 1 atom stereocenters. The molecule has 0 bridgehead atoms. The molecule has 10 heteroatoms. The average Bonchev–Trinajstić information content (AvgIpc) is 3.15. The summed E-state index contributed by atoms with van der Waals surface area (Å²) in [4.78, 5) is 18.3. The van der Waals surface area contributed by atoms with Crippen molar-refractivity contribution in [3.05, 3.63) is 64.6 Å². The predicted octanol–water partition coefficient (Wildman–Crippen LogP) is 4.31. The number of hydrogen-bond acceptors (Lipinski definition) is 6. The van der Waals surface area contributed by atoms with E-state index in [4.69, 9.17) is 0 Å². The normalized spacial score (nSPS) is 20.5. The maximum Gasteiger partial charge on any atom is 0.573 e. The van der Waals surface area contributed by atoms with Crippen LogP contribution in [-0.4, -0.2) is 27.3 Å². The van der Waals surface area contributed by atoms with Gasteiger partial charge in [-0.15, -0.1) is 13.2 Å². The predicted molar refractivity (Wildman–Crippen MR) is 115 cm³/mol. The molecule has 3 heterocycles. The molecule has 1 aliphatic carbocycles. The molecule has 168 valence electrons. The second-order valence-corrected chi connectivity index (χ2v) is 9.06. The first-order chi connectivity index (χ1) is 15.4. The molecule has 1 aromatic carbocycles. The molecule has 2 aliphatic heterocycles. The Labute approximate surface area is 186 Å². The minimum atomic E-state index is -4.77. The third-order valence-corrected chi connectivity index (χ3v) is 7.00. The Hall–Kier alpha value is -2.88. The van der Waals surface area contributed by atoms with Crippen LogP contribution in [0.2, 0.25) is 0 Å². The summed E-state index contributed by atoms with van der Waals surface area (Å²) in [5, 5.41) is 6.82. The van der Waals surface area contributed by atoms with E-state index < -0.39 is 6.36 Å². The van der Waals surface area contributed by atoms with Crippen molar-refractivity contribution >= 4 is 17.3 Å². The van der Waals surface area contributed by atoms with Crippen LogP contribution in [0.15, 0.2) is 58.3 Å². The molecule has 2 aromatic rings. The molecule has 0 amide bonds. The van der Waals surface area contributed by atoms with E-state index in [2.05, 4.69) is 20.4 Å². The van der Waals surface area contributed by atoms with Crippen LogP contribution < -0.4 is 20.9 Å². The molecule has 32 heavy (non-hydrogen) atoms. The van der Waals surface area contributed by atoms with Gasteiger partial charge in [-0.05, 0) is 49.4 Å². The highest BCUT2D eigenvalue weighted by molar-refractivity contribution is 8.00. The Morgan fingerprint density at radius 3 is 2.62 bits per heavy atom. The lowest BCUT2D eigenvalue weighted by Gasteiger charge is -2.28. The number of allylic oxidation sites excluding steroid dienone is 1. The van der Waals surface area contributed by atoms with Gasteiger partial charge in [0, 0.05) is 17.3 Å². The fourth-order valence-electron chi connectivity index (χ4n) is 4.32. The van der Waals surface area contributed by atoms with Crippen molar-refractivity contribution in [3.63, 3.8) is 0 Å². The van der Waals surface area contributed by atoms with Crippen molar-refractivity contribution < 1.29 is 17.9 Å². The van der Waals surface area contributed by atoms with Crippen molar-refractivity contribution in [2.75, 3.05) is 0 Å². The van der Waals surface area contributed by atoms with E-state index in [-0.39, 0.29) is 16.7 Å². The topological polar surface area (TPSA) is 68.2 Å². The Morgan fingerprint density at radius 1 is 1.16 bits per heavy atom. The summed E-state index contributed by atoms with van der Waals surface area (Å²) in [6.07, 6.45) is 6.49. The van der Waals surface area contributed by atoms with Gasteiger partial charge in [-0.2, -0.15) is 0 Å². The fourth-order valence-corrected chi connectivity index (χ4v) is 5.53. The van der Waals surface area contributed by atoms with E-state index in [1.165, 1.54) is 66.2 Å². The molecule has 5 rings (SSSR count). The first-order valence-corrected chi connectivity index (χ1v) is 11.4. The highest BCUT2D eigenvalue weighted by Gasteiger charge is 2.36. The van der Waals surface area contributed by atoms with Crippen LogP contribution >= 0.6 is 11.8 Å². The van der Waals surface area contributed by atoms with Gasteiger partial charge in [-0.25, -0.2) is 4.98 Å². The number of hydrogen-bond donors (Lipinski definition) is 2. The lowest BCUT2D eigenvalue weighted by Crippen LogP contribution is -2.34. The number of ether oxygens (including phenoxy) is 1. The van der Waals surface area contributed by atoms with E-state index in [1.807, 2.05) is 12.3 Å². The number of halogens is 3. The summed E-state index contributed by atoms with van der Waals surface area (Å²) in [7, 11) is 0. The second-order valence-electron chi connectivity index (χ2n) is 7.94. The minimum Gasteiger partial charge on any atom is -0.406 e. The third-order valence-electron chi connectivity index (χ3n) is 5.78. The van der Waals surface area contributed by atoms with Crippen LogP contribution in [0.4, 0.5) is 13.2 Å². The number of dihydropyridines is 1. The Kier molecular flexibility index (Phi) is 5.40. The van der Waals surface area contributed by atoms with E-state index in [0.717, 1.165) is 24.1 Å². The molecular formula is C22H21F3N4O2S. The zero-order valence-corrected chi connectivity index (χ0v) is 17.8. The zero-order valence-electron chi connectivity index (χ0n) is 17.0. The van der Waals surface area contributed by atoms with Gasteiger partial charge in [0.05, 0.1) is 11.4 Å². The average molecular weight is 462 g/mol. The smallest absolute Gasteiger partial charge is 0.406 e. The SMILES string of the molecule is O=c1c2c(ncn1-c1ccc(OC(F)(F)F)cc1)C1=C(NC3CCCCC3)C=CNC1S2. The van der Waals surface area contributed by atoms with E-state index in [1.54, 1.807) is 0 Å². The van der Waals surface area contributed by atoms with Crippen molar-refractivity contribution in [2.45, 2.75) is 54.8 Å². The van der Waals surface area contributed by atoms with Crippen molar-refractivity contribution in [1.82, 2.24) is 20.2 Å². The number of aromatic nitrogens is 2. The number of fused-ring (bicyclic) bond motifs is 3. The van der Waals surface area contributed by atoms with Gasteiger partial charge >= 0.3 is 6.36 Å². The van der Waals surface area contributed by atoms with Crippen LogP contribution in [0.5, 0.6) is 5.75 Å². The summed E-state index contributed by atoms with van der Waals surface area (Å²) in [6, 6.07) is 5.57. The summed E-state index contributed by atoms with van der Waals surface area (Å²) in [5.74, 6) is -0.345. The highest BCUT2D eigenvalue weighted by Crippen LogP contribution is 2.43. The molecule has 0 saturated heterocycles. The fraction of sp³-hybridized carbons (Fsp3) is 0.364. The molecule has 6 nitrogen and oxygen atoms in total. The summed E-state index contributed by atoms with van der Waals surface area (Å²) >= 11 is 1.40. The van der Waals surface area contributed by atoms with Crippen LogP contribution in [0.1, 0.15) is 37.8 Å². The molecule has 0 radical (unpaired) electrons. The summed E-state index contributed by atoms with van der Waals surface area (Å²) in [6.45, 7) is 0. The van der Waals surface area contributed by atoms with E-state index >= 15 is 0 Å². The molecule has 0 spiro atoms. The van der Waals surface area contributed by atoms with Gasteiger partial charge < -0.3 is 15.4 Å². The quantitative estimate of drug-likeness (QED) is 0.706. The van der Waals surface area contributed by atoms with Gasteiger partial charge in [0.1, 0.15) is 22.3 Å². The number of nitrogens with zero attached hydrogens (tertiary/aromatic N) is 2. The monoisotopic (exact) mass is 462 g/mol. The van der Waals surface area contributed by atoms with Gasteiger partial charge in [0.25, 0.3) is 5.56 Å². The Balaban J connectivity index is 1.46. The maximum absolute atomic E-state index is 13.2. The van der Waals surface area contributed by atoms with E-state index in [9.17, 15) is 18.0 Å². The zero-order chi connectivity index (χ0) is 22.3. The van der Waals surface area contributed by atoms with Crippen LogP contribution in [0.25, 0.3) is 11.3 Å². The van der Waals surface area contributed by atoms with Crippen LogP contribution in [0, 0.1) is 0 Å². The lowest BCUT2D eigenvalue weighted by atomic mass is 9.94. The molecule has 3 aliphatic rings. The molecular weight excluding hydrogens is 441 g/mol. The standard InChI is InChI=1S/C22H21F3N4O2S/c23-22(24,25)31-15-8-6-14(7-9-15)29-12-27-18-17-16(28-13-4-2-1-3-5-13)10-11-26-20(17)32-19(18)21(29)30/h6-13,20,26,28H,1-5H2. The van der Waals surface area contributed by atoms with E-state index in [0.29, 0.717) is 22.3 Å². The molecule has 1 fully saturated rings. The minimum absolute atomic E-state index is 0.111. The first-order valence-electron chi connectivity index (χ1n) is 10.5. The van der Waals surface area contributed by atoms with Crippen molar-refractivity contribution in [1.29, 1.82) is 0 Å². The van der Waals surface area contributed by atoms with Gasteiger partial charge in [-0.3, -0.25) is 9.36 Å². The molecule has 1 unspecified atom stereocenters. The number of alkyl halides is 3. The van der Waals surface area contributed by atoms with Crippen molar-refractivity contribution in [2.24, 2.45) is 0 Å². The number of nitrogens with one attached hydrogen (secondary N) is 2. The third kappa shape index (κ3) is 4.11. The first kappa shape index (κ1) is 21.0. The maximum atomic E-state index is 13.2. The largest absolute Gasteiger partial charge is 0.573 e. The second kappa shape index (κ2) is 8.23. The van der Waals surface area contributed by atoms with Crippen LogP contribution in [-0.2, 0) is 0 Å². The number of thioether (sulfide) groups is 1. The summed E-state index contributed by atoms with van der Waals surface area (Å²) in [5.41, 5.74) is 2.76. The lowest BCUT2D eigenvalue weighted by molar-refractivity contribution is -0.274. The number of rotatable bonds is 4. The molecule has 1 aromatic heterocycles. The van der Waals surface area contributed by atoms with Gasteiger partial charge in [-0.1, -0.05) is 31.0 Å². The van der Waals surface area contributed by atoms with Gasteiger partial charge in [0.2, 0.25) is 0 Å².